The van der Waals surface area contributed by atoms with Crippen LogP contribution >= 0.6 is 0 Å². The maximum atomic E-state index is 12.2. The quantitative estimate of drug-likeness (QED) is 0.382. The minimum atomic E-state index is -0.780. The molecule has 0 bridgehead atoms. The van der Waals surface area contributed by atoms with E-state index in [0.29, 0.717) is 12.2 Å². The molecule has 1 atom stereocenters. The molecule has 0 aromatic heterocycles. The van der Waals surface area contributed by atoms with E-state index < -0.39 is 23.4 Å². The Labute approximate surface area is 168 Å². The number of esters is 1. The van der Waals surface area contributed by atoms with Crippen LogP contribution in [0.5, 0.6) is 0 Å². The number of rotatable bonds is 9. The van der Waals surface area contributed by atoms with Gasteiger partial charge in [-0.2, -0.15) is 0 Å². The van der Waals surface area contributed by atoms with Crippen molar-refractivity contribution in [3.05, 3.63) is 69.8 Å². The monoisotopic (exact) mass is 397 g/mol. The minimum absolute atomic E-state index is 0.0310. The van der Waals surface area contributed by atoms with Crippen molar-refractivity contribution in [3.63, 3.8) is 0 Å². The molecule has 0 heterocycles. The lowest BCUT2D eigenvalue weighted by Gasteiger charge is -2.13. The summed E-state index contributed by atoms with van der Waals surface area (Å²) in [5, 5.41) is 17.1. The predicted molar refractivity (Wildman–Crippen MR) is 108 cm³/mol. The van der Waals surface area contributed by atoms with Gasteiger partial charge in [-0.1, -0.05) is 37.3 Å². The van der Waals surface area contributed by atoms with Crippen molar-refractivity contribution in [2.45, 2.75) is 31.7 Å². The highest BCUT2D eigenvalue weighted by atomic mass is 16.6. The van der Waals surface area contributed by atoms with E-state index in [1.165, 1.54) is 18.2 Å². The first-order valence-electron chi connectivity index (χ1n) is 9.48. The van der Waals surface area contributed by atoms with E-state index >= 15 is 0 Å². The molecular weight excluding hydrogens is 374 g/mol. The summed E-state index contributed by atoms with van der Waals surface area (Å²) in [7, 11) is 0. The highest BCUT2D eigenvalue weighted by Gasteiger charge is 2.26. The van der Waals surface area contributed by atoms with E-state index in [0.717, 1.165) is 18.4 Å². The van der Waals surface area contributed by atoms with Crippen LogP contribution in [-0.4, -0.2) is 36.0 Å². The van der Waals surface area contributed by atoms with Crippen LogP contribution in [0.15, 0.2) is 48.5 Å². The number of nitrogens with zero attached hydrogens (tertiary/aromatic N) is 1. The maximum Gasteiger partial charge on any atom is 0.338 e. The highest BCUT2D eigenvalue weighted by Crippen LogP contribution is 2.31. The van der Waals surface area contributed by atoms with Crippen molar-refractivity contribution in [1.29, 1.82) is 0 Å². The Morgan fingerprint density at radius 1 is 1.21 bits per heavy atom. The Morgan fingerprint density at radius 2 is 1.93 bits per heavy atom. The molecule has 1 aliphatic rings. The van der Waals surface area contributed by atoms with Crippen molar-refractivity contribution < 1.29 is 19.2 Å². The summed E-state index contributed by atoms with van der Waals surface area (Å²) in [4.78, 5) is 34.9. The third-order valence-electron chi connectivity index (χ3n) is 4.68. The molecule has 1 aliphatic carbocycles. The predicted octanol–water partition coefficient (Wildman–Crippen LogP) is 3.25. The minimum Gasteiger partial charge on any atom is -0.452 e. The molecule has 1 amide bonds. The molecule has 8 nitrogen and oxygen atoms in total. The van der Waals surface area contributed by atoms with Crippen LogP contribution in [0.2, 0.25) is 0 Å². The second kappa shape index (κ2) is 9.18. The molecule has 2 N–H and O–H groups in total. The van der Waals surface area contributed by atoms with Gasteiger partial charge in [0.2, 0.25) is 0 Å². The second-order valence-corrected chi connectivity index (χ2v) is 7.10. The van der Waals surface area contributed by atoms with Gasteiger partial charge in [-0.05, 0) is 36.5 Å². The summed E-state index contributed by atoms with van der Waals surface area (Å²) in [5.74, 6) is -1.09. The first-order chi connectivity index (χ1) is 13.9. The number of nitro groups is 1. The molecule has 1 saturated carbocycles. The zero-order valence-corrected chi connectivity index (χ0v) is 16.1. The third kappa shape index (κ3) is 5.78. The standard InChI is InChI=1S/C21H23N3O5/c1-14(15-5-3-2-4-6-15)12-22-20(25)13-29-21(26)16-7-10-18(23-17-8-9-17)19(11-16)24(27)28/h2-7,10-11,14,17,23H,8-9,12-13H2,1H3,(H,22,25)/t14-/m1/s1. The van der Waals surface area contributed by atoms with Gasteiger partial charge in [-0.25, -0.2) is 4.79 Å². The van der Waals surface area contributed by atoms with Crippen molar-refractivity contribution in [3.8, 4) is 0 Å². The van der Waals surface area contributed by atoms with E-state index in [1.54, 1.807) is 0 Å². The molecule has 2 aromatic rings. The van der Waals surface area contributed by atoms with E-state index in [4.69, 9.17) is 4.74 Å². The number of carbonyl (C=O) groups excluding carboxylic acids is 2. The fourth-order valence-electron chi connectivity index (χ4n) is 2.81. The molecule has 0 unspecified atom stereocenters. The van der Waals surface area contributed by atoms with Gasteiger partial charge in [0.15, 0.2) is 6.61 Å². The van der Waals surface area contributed by atoms with E-state index in [1.807, 2.05) is 37.3 Å². The van der Waals surface area contributed by atoms with Crippen LogP contribution in [0.25, 0.3) is 0 Å². The van der Waals surface area contributed by atoms with Gasteiger partial charge in [0.05, 0.1) is 10.5 Å². The summed E-state index contributed by atoms with van der Waals surface area (Å²) in [6.45, 7) is 1.95. The molecule has 8 heteroatoms. The lowest BCUT2D eigenvalue weighted by Crippen LogP contribution is -2.31. The van der Waals surface area contributed by atoms with Crippen LogP contribution in [0.3, 0.4) is 0 Å². The molecule has 2 aromatic carbocycles. The molecule has 1 fully saturated rings. The molecule has 3 rings (SSSR count). The first-order valence-corrected chi connectivity index (χ1v) is 9.48. The van der Waals surface area contributed by atoms with Gasteiger partial charge < -0.3 is 15.4 Å². The van der Waals surface area contributed by atoms with Crippen LogP contribution in [0.4, 0.5) is 11.4 Å². The average Bonchev–Trinajstić information content (AvgIpc) is 3.55. The zero-order valence-electron chi connectivity index (χ0n) is 16.1. The topological polar surface area (TPSA) is 111 Å². The largest absolute Gasteiger partial charge is 0.452 e. The number of hydrogen-bond acceptors (Lipinski definition) is 6. The smallest absolute Gasteiger partial charge is 0.338 e. The Kier molecular flexibility index (Phi) is 6.43. The number of carbonyl (C=O) groups is 2. The first kappa shape index (κ1) is 20.3. The molecule has 0 saturated heterocycles. The third-order valence-corrected chi connectivity index (χ3v) is 4.68. The number of benzene rings is 2. The normalized spacial score (nSPS) is 14.0. The lowest BCUT2D eigenvalue weighted by atomic mass is 10.0. The van der Waals surface area contributed by atoms with Crippen LogP contribution in [0.1, 0.15) is 41.6 Å². The number of amides is 1. The van der Waals surface area contributed by atoms with Crippen LogP contribution in [0, 0.1) is 10.1 Å². The Balaban J connectivity index is 1.51. The number of hydrogen-bond donors (Lipinski definition) is 2. The number of nitro benzene ring substituents is 1. The summed E-state index contributed by atoms with van der Waals surface area (Å²) in [6.07, 6.45) is 1.94. The van der Waals surface area contributed by atoms with Gasteiger partial charge in [-0.15, -0.1) is 0 Å². The number of ether oxygens (including phenoxy) is 1. The van der Waals surface area contributed by atoms with Gasteiger partial charge in [0, 0.05) is 18.7 Å². The molecule has 0 radical (unpaired) electrons. The summed E-state index contributed by atoms with van der Waals surface area (Å²) < 4.78 is 5.00. The van der Waals surface area contributed by atoms with Crippen molar-refractivity contribution >= 4 is 23.3 Å². The SMILES string of the molecule is C[C@H](CNC(=O)COC(=O)c1ccc(NC2CC2)c([N+](=O)[O-])c1)c1ccccc1. The highest BCUT2D eigenvalue weighted by molar-refractivity contribution is 5.93. The van der Waals surface area contributed by atoms with Crippen LogP contribution in [-0.2, 0) is 9.53 Å². The Morgan fingerprint density at radius 3 is 2.59 bits per heavy atom. The lowest BCUT2D eigenvalue weighted by molar-refractivity contribution is -0.384. The summed E-state index contributed by atoms with van der Waals surface area (Å²) in [5.41, 5.74) is 1.31. The van der Waals surface area contributed by atoms with Gasteiger partial charge in [-0.3, -0.25) is 14.9 Å². The van der Waals surface area contributed by atoms with E-state index in [9.17, 15) is 19.7 Å². The van der Waals surface area contributed by atoms with Crippen molar-refractivity contribution in [2.24, 2.45) is 0 Å². The fourth-order valence-corrected chi connectivity index (χ4v) is 2.81. The van der Waals surface area contributed by atoms with Crippen LogP contribution < -0.4 is 10.6 Å². The summed E-state index contributed by atoms with van der Waals surface area (Å²) in [6, 6.07) is 14.1. The van der Waals surface area contributed by atoms with Crippen molar-refractivity contribution in [2.75, 3.05) is 18.5 Å². The number of nitrogens with one attached hydrogen (secondary N) is 2. The van der Waals surface area contributed by atoms with Gasteiger partial charge >= 0.3 is 5.97 Å². The molecule has 0 aliphatic heterocycles. The molecule has 29 heavy (non-hydrogen) atoms. The number of anilines is 1. The Hall–Kier alpha value is -3.42. The second-order valence-electron chi connectivity index (χ2n) is 7.10. The maximum absolute atomic E-state index is 12.2. The summed E-state index contributed by atoms with van der Waals surface area (Å²) >= 11 is 0. The van der Waals surface area contributed by atoms with Crippen molar-refractivity contribution in [1.82, 2.24) is 5.32 Å². The van der Waals surface area contributed by atoms with E-state index in [-0.39, 0.29) is 23.2 Å². The van der Waals surface area contributed by atoms with Gasteiger partial charge in [0.1, 0.15) is 5.69 Å². The zero-order chi connectivity index (χ0) is 20.8. The fraction of sp³-hybridized carbons (Fsp3) is 0.333. The van der Waals surface area contributed by atoms with E-state index in [2.05, 4.69) is 10.6 Å². The Bertz CT molecular complexity index is 896. The van der Waals surface area contributed by atoms with Gasteiger partial charge in [0.25, 0.3) is 11.6 Å². The average molecular weight is 397 g/mol. The molecular formula is C21H23N3O5. The molecule has 0 spiro atoms. The molecule has 152 valence electrons.